The van der Waals surface area contributed by atoms with Crippen LogP contribution in [0.25, 0.3) is 11.1 Å². The van der Waals surface area contributed by atoms with E-state index in [1.54, 1.807) is 0 Å². The number of carboxylic acids is 1. The first-order valence-electron chi connectivity index (χ1n) is 11.2. The summed E-state index contributed by atoms with van der Waals surface area (Å²) in [5, 5.41) is 21.6. The van der Waals surface area contributed by atoms with Gasteiger partial charge in [0, 0.05) is 18.9 Å². The molecule has 0 radical (unpaired) electrons. The number of carboxylic acid groups (broad SMARTS) is 1. The number of amides is 2. The van der Waals surface area contributed by atoms with E-state index in [1.165, 1.54) is 18.3 Å². The molecule has 3 N–H and O–H groups in total. The van der Waals surface area contributed by atoms with Crippen LogP contribution < -0.4 is 5.32 Å². The maximum Gasteiger partial charge on any atom is 0.411 e. The number of nitrogens with one attached hydrogen (secondary N) is 1. The van der Waals surface area contributed by atoms with Gasteiger partial charge in [-0.05, 0) is 34.4 Å². The number of aliphatic hydroxyl groups excluding tert-OH is 1. The van der Waals surface area contributed by atoms with Gasteiger partial charge in [0.25, 0.3) is 5.91 Å². The average molecular weight is 473 g/mol. The van der Waals surface area contributed by atoms with Gasteiger partial charge < -0.3 is 19.8 Å². The van der Waals surface area contributed by atoms with Crippen LogP contribution in [-0.4, -0.2) is 63.4 Å². The van der Waals surface area contributed by atoms with Crippen LogP contribution in [0.15, 0.2) is 66.9 Å². The number of β-amino-alcohol motifs (C(OH)–C–C–N with tert-alkyl or cyclic N) is 1. The van der Waals surface area contributed by atoms with E-state index in [0.717, 1.165) is 27.2 Å². The van der Waals surface area contributed by atoms with Gasteiger partial charge in [0.15, 0.2) is 0 Å². The molecule has 9 heteroatoms. The van der Waals surface area contributed by atoms with Crippen molar-refractivity contribution >= 4 is 23.7 Å². The number of benzene rings is 2. The number of anilines is 1. The Bertz CT molecular complexity index is 1250. The van der Waals surface area contributed by atoms with Crippen molar-refractivity contribution in [2.45, 2.75) is 24.5 Å². The highest BCUT2D eigenvalue weighted by Gasteiger charge is 2.39. The van der Waals surface area contributed by atoms with Crippen LogP contribution in [-0.2, 0) is 9.53 Å². The minimum Gasteiger partial charge on any atom is -0.480 e. The predicted molar refractivity (Wildman–Crippen MR) is 126 cm³/mol. The molecule has 0 bridgehead atoms. The summed E-state index contributed by atoms with van der Waals surface area (Å²) in [7, 11) is 0. The molecular formula is C26H23N3O6. The van der Waals surface area contributed by atoms with Gasteiger partial charge in [-0.3, -0.25) is 10.1 Å². The van der Waals surface area contributed by atoms with Crippen LogP contribution in [0.3, 0.4) is 0 Å². The third-order valence-corrected chi connectivity index (χ3v) is 6.40. The average Bonchev–Trinajstić information content (AvgIpc) is 3.41. The van der Waals surface area contributed by atoms with E-state index in [9.17, 15) is 24.6 Å². The van der Waals surface area contributed by atoms with E-state index in [0.29, 0.717) is 5.69 Å². The number of aliphatic carboxylic acids is 1. The second-order valence-corrected chi connectivity index (χ2v) is 8.58. The Morgan fingerprint density at radius 1 is 1.00 bits per heavy atom. The molecule has 1 aliphatic carbocycles. The van der Waals surface area contributed by atoms with Crippen molar-refractivity contribution in [1.82, 2.24) is 9.88 Å². The second-order valence-electron chi connectivity index (χ2n) is 8.58. The van der Waals surface area contributed by atoms with Gasteiger partial charge >= 0.3 is 12.1 Å². The Labute approximate surface area is 201 Å². The molecule has 1 fully saturated rings. The molecule has 0 saturated carbocycles. The monoisotopic (exact) mass is 473 g/mol. The lowest BCUT2D eigenvalue weighted by atomic mass is 9.98. The minimum atomic E-state index is -1.18. The highest BCUT2D eigenvalue weighted by Crippen LogP contribution is 2.44. The number of fused-ring (bicyclic) bond motifs is 3. The summed E-state index contributed by atoms with van der Waals surface area (Å²) in [5.41, 5.74) is 4.84. The number of aliphatic hydroxyl groups is 1. The molecule has 5 rings (SSSR count). The van der Waals surface area contributed by atoms with Gasteiger partial charge in [-0.1, -0.05) is 48.5 Å². The first-order valence-corrected chi connectivity index (χ1v) is 11.2. The van der Waals surface area contributed by atoms with Crippen LogP contribution in [0, 0.1) is 0 Å². The molecule has 1 aliphatic heterocycles. The Morgan fingerprint density at radius 3 is 2.26 bits per heavy atom. The fraction of sp³-hybridized carbons (Fsp3) is 0.231. The summed E-state index contributed by atoms with van der Waals surface area (Å²) in [6, 6.07) is 17.9. The van der Waals surface area contributed by atoms with E-state index in [2.05, 4.69) is 22.4 Å². The summed E-state index contributed by atoms with van der Waals surface area (Å²) in [6.07, 6.45) is -0.268. The number of pyridine rings is 1. The minimum absolute atomic E-state index is 0.0171. The zero-order chi connectivity index (χ0) is 24.5. The highest BCUT2D eigenvalue weighted by molar-refractivity contribution is 5.96. The van der Waals surface area contributed by atoms with Crippen molar-refractivity contribution in [2.75, 3.05) is 18.5 Å². The molecule has 178 valence electrons. The predicted octanol–water partition coefficient (Wildman–Crippen LogP) is 3.10. The number of carbonyl (C=O) groups is 3. The number of hydrogen-bond acceptors (Lipinski definition) is 6. The summed E-state index contributed by atoms with van der Waals surface area (Å²) < 4.78 is 5.51. The molecule has 35 heavy (non-hydrogen) atoms. The first-order chi connectivity index (χ1) is 16.9. The van der Waals surface area contributed by atoms with Gasteiger partial charge in [0.2, 0.25) is 0 Å². The number of hydrogen-bond donors (Lipinski definition) is 3. The Hall–Kier alpha value is -4.24. The van der Waals surface area contributed by atoms with Crippen LogP contribution in [0.1, 0.15) is 34.0 Å². The van der Waals surface area contributed by atoms with Crippen molar-refractivity contribution in [1.29, 1.82) is 0 Å². The molecule has 2 unspecified atom stereocenters. The Morgan fingerprint density at radius 2 is 1.66 bits per heavy atom. The standard InChI is InChI=1S/C26H23N3O6/c30-16-11-23(25(32)33)29(13-16)24(31)22-10-9-15(12-27-22)28-26(34)35-14-21-19-7-3-1-5-17(19)18-6-2-4-8-20(18)21/h1-10,12,16,21,23,30H,11,13-14H2,(H,28,34)(H,32,33). The van der Waals surface area contributed by atoms with E-state index in [1.807, 2.05) is 36.4 Å². The van der Waals surface area contributed by atoms with Crippen molar-refractivity contribution in [3.05, 3.63) is 83.7 Å². The molecule has 2 aromatic carbocycles. The molecule has 9 nitrogen and oxygen atoms in total. The van der Waals surface area contributed by atoms with Crippen molar-refractivity contribution in [3.8, 4) is 11.1 Å². The molecule has 1 aromatic heterocycles. The second kappa shape index (κ2) is 9.19. The van der Waals surface area contributed by atoms with Crippen molar-refractivity contribution < 1.29 is 29.3 Å². The quantitative estimate of drug-likeness (QED) is 0.519. The lowest BCUT2D eigenvalue weighted by Crippen LogP contribution is -2.40. The van der Waals surface area contributed by atoms with Gasteiger partial charge in [0.05, 0.1) is 18.0 Å². The van der Waals surface area contributed by atoms with E-state index in [4.69, 9.17) is 4.74 Å². The maximum atomic E-state index is 12.7. The number of nitrogens with zero attached hydrogens (tertiary/aromatic N) is 2. The number of ether oxygens (including phenoxy) is 1. The molecule has 1 saturated heterocycles. The lowest BCUT2D eigenvalue weighted by molar-refractivity contribution is -0.141. The highest BCUT2D eigenvalue weighted by atomic mass is 16.5. The third-order valence-electron chi connectivity index (χ3n) is 6.40. The van der Waals surface area contributed by atoms with Gasteiger partial charge in [-0.25, -0.2) is 14.6 Å². The van der Waals surface area contributed by atoms with Gasteiger partial charge in [0.1, 0.15) is 18.3 Å². The smallest absolute Gasteiger partial charge is 0.411 e. The molecule has 2 atom stereocenters. The summed E-state index contributed by atoms with van der Waals surface area (Å²) in [5.74, 6) is -1.84. The zero-order valence-electron chi connectivity index (χ0n) is 18.6. The van der Waals surface area contributed by atoms with Crippen LogP contribution in [0.5, 0.6) is 0 Å². The maximum absolute atomic E-state index is 12.7. The third kappa shape index (κ3) is 4.33. The summed E-state index contributed by atoms with van der Waals surface area (Å²) in [4.78, 5) is 41.6. The summed E-state index contributed by atoms with van der Waals surface area (Å²) in [6.45, 7) is 0.0922. The number of aromatic nitrogens is 1. The van der Waals surface area contributed by atoms with Crippen LogP contribution in [0.4, 0.5) is 10.5 Å². The zero-order valence-corrected chi connectivity index (χ0v) is 18.6. The largest absolute Gasteiger partial charge is 0.480 e. The number of likely N-dealkylation sites (tertiary alicyclic amines) is 1. The van der Waals surface area contributed by atoms with Crippen molar-refractivity contribution in [2.24, 2.45) is 0 Å². The Kier molecular flexibility index (Phi) is 5.92. The summed E-state index contributed by atoms with van der Waals surface area (Å²) >= 11 is 0. The number of carbonyl (C=O) groups excluding carboxylic acids is 2. The normalized spacial score (nSPS) is 18.6. The molecule has 2 amide bonds. The van der Waals surface area contributed by atoms with E-state index >= 15 is 0 Å². The fourth-order valence-electron chi connectivity index (χ4n) is 4.77. The first kappa shape index (κ1) is 22.5. The van der Waals surface area contributed by atoms with E-state index in [-0.39, 0.29) is 31.2 Å². The van der Waals surface area contributed by atoms with E-state index < -0.39 is 30.1 Å². The number of rotatable bonds is 5. The topological polar surface area (TPSA) is 129 Å². The lowest BCUT2D eigenvalue weighted by Gasteiger charge is -2.20. The molecule has 2 heterocycles. The fourth-order valence-corrected chi connectivity index (χ4v) is 4.77. The Balaban J connectivity index is 1.21. The van der Waals surface area contributed by atoms with Gasteiger partial charge in [-0.2, -0.15) is 0 Å². The van der Waals surface area contributed by atoms with Crippen molar-refractivity contribution in [3.63, 3.8) is 0 Å². The molecule has 0 spiro atoms. The van der Waals surface area contributed by atoms with Crippen LogP contribution in [0.2, 0.25) is 0 Å². The molecule has 3 aromatic rings. The molecular weight excluding hydrogens is 450 g/mol. The van der Waals surface area contributed by atoms with Crippen LogP contribution >= 0.6 is 0 Å². The SMILES string of the molecule is O=C(Nc1ccc(C(=O)N2CC(O)CC2C(=O)O)nc1)OCC1c2ccccc2-c2ccccc21. The molecule has 2 aliphatic rings. The van der Waals surface area contributed by atoms with Gasteiger partial charge in [-0.15, -0.1) is 0 Å².